The van der Waals surface area contributed by atoms with Crippen LogP contribution in [0.15, 0.2) is 59.6 Å². The fourth-order valence-corrected chi connectivity index (χ4v) is 3.51. The Hall–Kier alpha value is -2.99. The van der Waals surface area contributed by atoms with Gasteiger partial charge in [-0.25, -0.2) is 4.79 Å². The maximum atomic E-state index is 12.1. The third kappa shape index (κ3) is 3.97. The van der Waals surface area contributed by atoms with Gasteiger partial charge in [0.25, 0.3) is 5.91 Å². The molecule has 1 aromatic heterocycles. The topological polar surface area (TPSA) is 60.7 Å². The van der Waals surface area contributed by atoms with Crippen LogP contribution in [0.2, 0.25) is 0 Å². The first kappa shape index (κ1) is 17.8. The molecule has 0 N–H and O–H groups in total. The molecule has 0 fully saturated rings. The molecule has 0 aliphatic heterocycles. The maximum Gasteiger partial charge on any atom is 0.338 e. The normalized spacial score (nSPS) is 12.0. The summed E-state index contributed by atoms with van der Waals surface area (Å²) in [7, 11) is 1.84. The minimum Gasteiger partial charge on any atom is -0.462 e. The summed E-state index contributed by atoms with van der Waals surface area (Å²) in [4.78, 5) is 28.7. The van der Waals surface area contributed by atoms with Gasteiger partial charge in [0.2, 0.25) is 0 Å². The number of benzene rings is 2. The largest absolute Gasteiger partial charge is 0.462 e. The van der Waals surface area contributed by atoms with E-state index in [2.05, 4.69) is 4.99 Å². The summed E-state index contributed by atoms with van der Waals surface area (Å²) in [6.45, 7) is 2.10. The van der Waals surface area contributed by atoms with E-state index in [-0.39, 0.29) is 11.9 Å². The number of aromatic nitrogens is 1. The monoisotopic (exact) mass is 366 g/mol. The van der Waals surface area contributed by atoms with Crippen molar-refractivity contribution >= 4 is 39.5 Å². The SMILES string of the molecule is CCOC(=O)c1ccc2c(c1)sc(=NC(=O)C=Cc1ccccc1)n2C. The van der Waals surface area contributed by atoms with Gasteiger partial charge in [0, 0.05) is 13.1 Å². The van der Waals surface area contributed by atoms with Gasteiger partial charge in [-0.05, 0) is 36.8 Å². The van der Waals surface area contributed by atoms with Crippen molar-refractivity contribution in [3.05, 3.63) is 70.5 Å². The van der Waals surface area contributed by atoms with Gasteiger partial charge in [0.05, 0.1) is 22.4 Å². The second-order valence-corrected chi connectivity index (χ2v) is 6.55. The number of carbonyl (C=O) groups excluding carboxylic acids is 2. The summed E-state index contributed by atoms with van der Waals surface area (Å²) >= 11 is 1.36. The quantitative estimate of drug-likeness (QED) is 0.524. The molecule has 0 atom stereocenters. The lowest BCUT2D eigenvalue weighted by atomic mass is 10.2. The van der Waals surface area contributed by atoms with Crippen LogP contribution in [0.5, 0.6) is 0 Å². The predicted octanol–water partition coefficient (Wildman–Crippen LogP) is 3.56. The van der Waals surface area contributed by atoms with E-state index >= 15 is 0 Å². The third-order valence-electron chi connectivity index (χ3n) is 3.74. The molecule has 132 valence electrons. The second-order valence-electron chi connectivity index (χ2n) is 5.54. The van der Waals surface area contributed by atoms with Gasteiger partial charge in [-0.1, -0.05) is 41.7 Å². The van der Waals surface area contributed by atoms with Crippen molar-refractivity contribution in [2.24, 2.45) is 12.0 Å². The summed E-state index contributed by atoms with van der Waals surface area (Å²) in [5, 5.41) is 0. The zero-order valence-corrected chi connectivity index (χ0v) is 15.3. The second kappa shape index (κ2) is 7.93. The number of aryl methyl sites for hydroxylation is 1. The molecule has 0 unspecified atom stereocenters. The third-order valence-corrected chi connectivity index (χ3v) is 4.84. The molecule has 0 bridgehead atoms. The molecule has 0 radical (unpaired) electrons. The molecule has 0 aliphatic rings. The van der Waals surface area contributed by atoms with Crippen molar-refractivity contribution in [2.45, 2.75) is 6.92 Å². The van der Waals surface area contributed by atoms with Gasteiger partial charge in [0.15, 0.2) is 4.80 Å². The average Bonchev–Trinajstić information content (AvgIpc) is 2.96. The Morgan fingerprint density at radius 2 is 1.96 bits per heavy atom. The van der Waals surface area contributed by atoms with Crippen molar-refractivity contribution < 1.29 is 14.3 Å². The van der Waals surface area contributed by atoms with Crippen LogP contribution >= 0.6 is 11.3 Å². The number of ether oxygens (including phenoxy) is 1. The Balaban J connectivity index is 1.90. The van der Waals surface area contributed by atoms with E-state index in [1.165, 1.54) is 17.4 Å². The van der Waals surface area contributed by atoms with Crippen molar-refractivity contribution in [3.63, 3.8) is 0 Å². The van der Waals surface area contributed by atoms with E-state index in [9.17, 15) is 9.59 Å². The van der Waals surface area contributed by atoms with E-state index in [0.717, 1.165) is 15.8 Å². The first-order chi connectivity index (χ1) is 12.6. The van der Waals surface area contributed by atoms with E-state index < -0.39 is 0 Å². The Kier molecular flexibility index (Phi) is 5.43. The predicted molar refractivity (Wildman–Crippen MR) is 103 cm³/mol. The molecule has 0 aliphatic carbocycles. The molecule has 0 spiro atoms. The van der Waals surface area contributed by atoms with E-state index in [0.29, 0.717) is 17.0 Å². The van der Waals surface area contributed by atoms with Crippen molar-refractivity contribution in [3.8, 4) is 0 Å². The fraction of sp³-hybridized carbons (Fsp3) is 0.150. The molecular weight excluding hydrogens is 348 g/mol. The molecule has 5 nitrogen and oxygen atoms in total. The van der Waals surface area contributed by atoms with Crippen LogP contribution in [0.1, 0.15) is 22.8 Å². The summed E-state index contributed by atoms with van der Waals surface area (Å²) in [5.74, 6) is -0.688. The van der Waals surface area contributed by atoms with Crippen LogP contribution in [0.3, 0.4) is 0 Å². The van der Waals surface area contributed by atoms with Crippen LogP contribution in [0, 0.1) is 0 Å². The number of esters is 1. The van der Waals surface area contributed by atoms with E-state index in [4.69, 9.17) is 4.74 Å². The first-order valence-corrected chi connectivity index (χ1v) is 8.98. The number of hydrogen-bond acceptors (Lipinski definition) is 4. The van der Waals surface area contributed by atoms with Crippen molar-refractivity contribution in [1.82, 2.24) is 4.57 Å². The molecule has 1 amide bonds. The summed E-state index contributed by atoms with van der Waals surface area (Å²) < 4.78 is 7.73. The van der Waals surface area contributed by atoms with E-state index in [1.54, 1.807) is 25.1 Å². The zero-order chi connectivity index (χ0) is 18.5. The molecule has 2 aromatic carbocycles. The number of amides is 1. The zero-order valence-electron chi connectivity index (χ0n) is 14.5. The number of thiazole rings is 1. The lowest BCUT2D eigenvalue weighted by molar-refractivity contribution is -0.113. The minimum atomic E-state index is -0.356. The Morgan fingerprint density at radius 1 is 1.19 bits per heavy atom. The Labute approximate surface area is 154 Å². The summed E-state index contributed by atoms with van der Waals surface area (Å²) in [6.07, 6.45) is 3.18. The van der Waals surface area contributed by atoms with Gasteiger partial charge in [-0.15, -0.1) is 0 Å². The molecule has 0 saturated heterocycles. The van der Waals surface area contributed by atoms with Crippen molar-refractivity contribution in [1.29, 1.82) is 0 Å². The Morgan fingerprint density at radius 3 is 2.69 bits per heavy atom. The maximum absolute atomic E-state index is 12.1. The lowest BCUT2D eigenvalue weighted by Gasteiger charge is -2.01. The molecule has 3 aromatic rings. The van der Waals surface area contributed by atoms with E-state index in [1.807, 2.05) is 48.0 Å². The number of nitrogens with zero attached hydrogens (tertiary/aromatic N) is 2. The number of rotatable bonds is 4. The highest BCUT2D eigenvalue weighted by Crippen LogP contribution is 2.19. The highest BCUT2D eigenvalue weighted by atomic mass is 32.1. The molecule has 6 heteroatoms. The van der Waals surface area contributed by atoms with Gasteiger partial charge in [-0.2, -0.15) is 4.99 Å². The van der Waals surface area contributed by atoms with Crippen LogP contribution in [-0.4, -0.2) is 23.1 Å². The highest BCUT2D eigenvalue weighted by molar-refractivity contribution is 7.16. The van der Waals surface area contributed by atoms with Gasteiger partial charge >= 0.3 is 5.97 Å². The van der Waals surface area contributed by atoms with Gasteiger partial charge in [-0.3, -0.25) is 4.79 Å². The summed E-state index contributed by atoms with van der Waals surface area (Å²) in [6, 6.07) is 14.9. The van der Waals surface area contributed by atoms with Gasteiger partial charge in [0.1, 0.15) is 0 Å². The number of fused-ring (bicyclic) bond motifs is 1. The van der Waals surface area contributed by atoms with Crippen molar-refractivity contribution in [2.75, 3.05) is 6.61 Å². The number of hydrogen-bond donors (Lipinski definition) is 0. The number of carbonyl (C=O) groups is 2. The smallest absolute Gasteiger partial charge is 0.338 e. The van der Waals surface area contributed by atoms with Crippen LogP contribution < -0.4 is 4.80 Å². The molecule has 3 rings (SSSR count). The molecular formula is C20H18N2O3S. The average molecular weight is 366 g/mol. The molecule has 1 heterocycles. The Bertz CT molecular complexity index is 1050. The van der Waals surface area contributed by atoms with Crippen LogP contribution in [-0.2, 0) is 16.6 Å². The summed E-state index contributed by atoms with van der Waals surface area (Å²) in [5.41, 5.74) is 2.33. The van der Waals surface area contributed by atoms with Gasteiger partial charge < -0.3 is 9.30 Å². The first-order valence-electron chi connectivity index (χ1n) is 8.17. The van der Waals surface area contributed by atoms with Crippen LogP contribution in [0.25, 0.3) is 16.3 Å². The lowest BCUT2D eigenvalue weighted by Crippen LogP contribution is -2.12. The van der Waals surface area contributed by atoms with Crippen LogP contribution in [0.4, 0.5) is 0 Å². The highest BCUT2D eigenvalue weighted by Gasteiger charge is 2.10. The fourth-order valence-electron chi connectivity index (χ4n) is 2.45. The molecule has 26 heavy (non-hydrogen) atoms. The minimum absolute atomic E-state index is 0.331. The molecule has 0 saturated carbocycles. The standard InChI is InChI=1S/C20H18N2O3S/c1-3-25-19(24)15-10-11-16-17(13-15)26-20(22(16)2)21-18(23)12-9-14-7-5-4-6-8-14/h4-13H,3H2,1-2H3.